The fourth-order valence-electron chi connectivity index (χ4n) is 5.13. The summed E-state index contributed by atoms with van der Waals surface area (Å²) < 4.78 is 58.6. The first kappa shape index (κ1) is 32.3. The lowest BCUT2D eigenvalue weighted by molar-refractivity contribution is -0.260. The Morgan fingerprint density at radius 2 is 1.77 bits per heavy atom. The van der Waals surface area contributed by atoms with E-state index in [-0.39, 0.29) is 35.0 Å². The molecule has 0 fully saturated rings. The summed E-state index contributed by atoms with van der Waals surface area (Å²) in [4.78, 5) is 24.1. The van der Waals surface area contributed by atoms with Gasteiger partial charge in [-0.05, 0) is 72.9 Å². The maximum absolute atomic E-state index is 14.4. The van der Waals surface area contributed by atoms with E-state index in [1.807, 2.05) is 0 Å². The normalized spacial score (nSPS) is 13.4. The van der Waals surface area contributed by atoms with Crippen molar-refractivity contribution in [3.05, 3.63) is 83.3 Å². The van der Waals surface area contributed by atoms with E-state index in [9.17, 15) is 37.4 Å². The molecular weight excluding hydrogens is 582 g/mol. The van der Waals surface area contributed by atoms with Gasteiger partial charge < -0.3 is 26.2 Å². The zero-order valence-corrected chi connectivity index (χ0v) is 24.5. The molecule has 0 aliphatic rings. The number of nitrogens with one attached hydrogen (secondary N) is 3. The molecule has 0 radical (unpaired) electrons. The van der Waals surface area contributed by atoms with Crippen molar-refractivity contribution in [3.63, 3.8) is 0 Å². The lowest BCUT2D eigenvalue weighted by Gasteiger charge is -2.38. The van der Waals surface area contributed by atoms with Crippen LogP contribution < -0.4 is 16.0 Å². The van der Waals surface area contributed by atoms with Crippen LogP contribution in [0.5, 0.6) is 5.75 Å². The SMILES string of the molecule is CNC(=O)CNC(=O)c1cccc(-n2ncc3c(NCC(O)(CC(C)(C)c4cc(F)ccc4O)C(F)(F)F)cc(C)cc32)c1. The first-order valence-corrected chi connectivity index (χ1v) is 13.6. The second-order valence-electron chi connectivity index (χ2n) is 11.3. The third-order valence-corrected chi connectivity index (χ3v) is 7.40. The van der Waals surface area contributed by atoms with Crippen LogP contribution >= 0.6 is 0 Å². The topological polar surface area (TPSA) is 129 Å². The zero-order valence-electron chi connectivity index (χ0n) is 24.5. The Labute approximate surface area is 250 Å². The second-order valence-corrected chi connectivity index (χ2v) is 11.3. The van der Waals surface area contributed by atoms with Crippen molar-refractivity contribution in [2.75, 3.05) is 25.5 Å². The summed E-state index contributed by atoms with van der Waals surface area (Å²) in [6, 6.07) is 12.9. The smallest absolute Gasteiger partial charge is 0.418 e. The van der Waals surface area contributed by atoms with Gasteiger partial charge in [0.2, 0.25) is 5.91 Å². The van der Waals surface area contributed by atoms with E-state index < -0.39 is 41.9 Å². The molecule has 0 bridgehead atoms. The molecule has 0 saturated carbocycles. The maximum atomic E-state index is 14.4. The van der Waals surface area contributed by atoms with E-state index in [1.165, 1.54) is 31.8 Å². The number of aryl methyl sites for hydroxylation is 1. The number of alkyl halides is 3. The molecule has 4 aromatic rings. The van der Waals surface area contributed by atoms with Gasteiger partial charge in [0, 0.05) is 29.2 Å². The monoisotopic (exact) mass is 615 g/mol. The quantitative estimate of drug-likeness (QED) is 0.164. The molecule has 0 aliphatic carbocycles. The average molecular weight is 616 g/mol. The Bertz CT molecular complexity index is 1700. The summed E-state index contributed by atoms with van der Waals surface area (Å²) in [5, 5.41) is 33.8. The van der Waals surface area contributed by atoms with E-state index in [1.54, 1.807) is 43.3 Å². The van der Waals surface area contributed by atoms with Crippen molar-refractivity contribution >= 4 is 28.4 Å². The molecule has 9 nitrogen and oxygen atoms in total. The van der Waals surface area contributed by atoms with E-state index in [4.69, 9.17) is 0 Å². The number of phenols is 1. The average Bonchev–Trinajstić information content (AvgIpc) is 3.38. The predicted molar refractivity (Wildman–Crippen MR) is 157 cm³/mol. The predicted octanol–water partition coefficient (Wildman–Crippen LogP) is 4.73. The number of hydrogen-bond acceptors (Lipinski definition) is 6. The minimum Gasteiger partial charge on any atom is -0.508 e. The van der Waals surface area contributed by atoms with Crippen LogP contribution in [0.4, 0.5) is 23.2 Å². The Balaban J connectivity index is 1.64. The number of fused-ring (bicyclic) bond motifs is 1. The number of carbonyl (C=O) groups excluding carboxylic acids is 2. The highest BCUT2D eigenvalue weighted by molar-refractivity contribution is 5.97. The van der Waals surface area contributed by atoms with Crippen LogP contribution in [0.15, 0.2) is 60.8 Å². The molecular formula is C31H33F4N5O4. The number of aromatic hydroxyl groups is 1. The first-order valence-electron chi connectivity index (χ1n) is 13.6. The largest absolute Gasteiger partial charge is 0.508 e. The van der Waals surface area contributed by atoms with Crippen molar-refractivity contribution < 1.29 is 37.4 Å². The summed E-state index contributed by atoms with van der Waals surface area (Å²) in [7, 11) is 1.45. The molecule has 1 unspecified atom stereocenters. The third kappa shape index (κ3) is 6.77. The number of aromatic nitrogens is 2. The fraction of sp³-hybridized carbons (Fsp3) is 0.323. The molecule has 1 aromatic heterocycles. The third-order valence-electron chi connectivity index (χ3n) is 7.40. The highest BCUT2D eigenvalue weighted by Gasteiger charge is 2.56. The number of hydrogen-bond donors (Lipinski definition) is 5. The summed E-state index contributed by atoms with van der Waals surface area (Å²) >= 11 is 0. The van der Waals surface area contributed by atoms with Gasteiger partial charge in [-0.3, -0.25) is 9.59 Å². The van der Waals surface area contributed by atoms with Gasteiger partial charge in [-0.15, -0.1) is 0 Å². The van der Waals surface area contributed by atoms with Gasteiger partial charge in [0.15, 0.2) is 5.60 Å². The number of phenolic OH excluding ortho intramolecular Hbond substituents is 1. The molecule has 0 saturated heterocycles. The minimum atomic E-state index is -5.08. The molecule has 4 rings (SSSR count). The molecule has 2 amide bonds. The molecule has 3 aromatic carbocycles. The first-order chi connectivity index (χ1) is 20.5. The van der Waals surface area contributed by atoms with Crippen LogP contribution in [0.2, 0.25) is 0 Å². The summed E-state index contributed by atoms with van der Waals surface area (Å²) in [6.45, 7) is 3.38. The highest BCUT2D eigenvalue weighted by Crippen LogP contribution is 2.44. The van der Waals surface area contributed by atoms with Crippen LogP contribution in [0, 0.1) is 12.7 Å². The van der Waals surface area contributed by atoms with Crippen LogP contribution in [0.25, 0.3) is 16.6 Å². The summed E-state index contributed by atoms with van der Waals surface area (Å²) in [6.07, 6.45) is -4.50. The van der Waals surface area contributed by atoms with Crippen LogP contribution in [0.1, 0.15) is 41.8 Å². The molecule has 1 atom stereocenters. The van der Waals surface area contributed by atoms with E-state index >= 15 is 0 Å². The molecule has 234 valence electrons. The van der Waals surface area contributed by atoms with Gasteiger partial charge in [-0.1, -0.05) is 19.9 Å². The molecule has 13 heteroatoms. The number of likely N-dealkylation sites (N-methyl/N-ethyl adjacent to an activating group) is 1. The van der Waals surface area contributed by atoms with Gasteiger partial charge in [-0.25, -0.2) is 9.07 Å². The number of amides is 2. The van der Waals surface area contributed by atoms with Crippen molar-refractivity contribution in [1.82, 2.24) is 20.4 Å². The molecule has 5 N–H and O–H groups in total. The number of anilines is 1. The van der Waals surface area contributed by atoms with Crippen molar-refractivity contribution in [3.8, 4) is 11.4 Å². The summed E-state index contributed by atoms with van der Waals surface area (Å²) in [5.74, 6) is -1.95. The van der Waals surface area contributed by atoms with E-state index in [0.29, 0.717) is 22.2 Å². The van der Waals surface area contributed by atoms with E-state index in [2.05, 4.69) is 21.0 Å². The number of nitrogens with zero attached hydrogens (tertiary/aromatic N) is 2. The van der Waals surface area contributed by atoms with Crippen LogP contribution in [0.3, 0.4) is 0 Å². The number of rotatable bonds is 10. The van der Waals surface area contributed by atoms with Crippen molar-refractivity contribution in [2.45, 2.75) is 44.4 Å². The van der Waals surface area contributed by atoms with Gasteiger partial charge in [0.1, 0.15) is 11.6 Å². The maximum Gasteiger partial charge on any atom is 0.418 e. The van der Waals surface area contributed by atoms with Gasteiger partial charge >= 0.3 is 6.18 Å². The van der Waals surface area contributed by atoms with Gasteiger partial charge in [-0.2, -0.15) is 18.3 Å². The number of aliphatic hydroxyl groups is 1. The van der Waals surface area contributed by atoms with Crippen LogP contribution in [-0.4, -0.2) is 63.7 Å². The molecule has 0 spiro atoms. The van der Waals surface area contributed by atoms with Crippen molar-refractivity contribution in [1.29, 1.82) is 0 Å². The standard InChI is InChI=1S/C31H33F4N5O4/c1-18-10-24(38-17-30(44,31(33,34)35)16-29(2,3)23-13-20(32)8-9-26(23)41)22-14-39-40(25(22)11-18)21-7-5-6-19(12-21)28(43)37-15-27(42)36-4/h5-14,38,41,44H,15-17H2,1-4H3,(H,36,42)(H,37,43). The van der Waals surface area contributed by atoms with Crippen LogP contribution in [-0.2, 0) is 10.2 Å². The Kier molecular flexibility index (Phi) is 8.91. The lowest BCUT2D eigenvalue weighted by atomic mass is 9.74. The van der Waals surface area contributed by atoms with E-state index in [0.717, 1.165) is 18.2 Å². The zero-order chi connectivity index (χ0) is 32.4. The fourth-order valence-corrected chi connectivity index (χ4v) is 5.13. The molecule has 1 heterocycles. The molecule has 44 heavy (non-hydrogen) atoms. The lowest BCUT2D eigenvalue weighted by Crippen LogP contribution is -2.53. The minimum absolute atomic E-state index is 0.0658. The highest BCUT2D eigenvalue weighted by atomic mass is 19.4. The molecule has 0 aliphatic heterocycles. The van der Waals surface area contributed by atoms with Crippen molar-refractivity contribution in [2.24, 2.45) is 0 Å². The van der Waals surface area contributed by atoms with Gasteiger partial charge in [0.25, 0.3) is 5.91 Å². The Hall–Kier alpha value is -4.65. The summed E-state index contributed by atoms with van der Waals surface area (Å²) in [5.41, 5.74) is -2.56. The van der Waals surface area contributed by atoms with Gasteiger partial charge in [0.05, 0.1) is 30.5 Å². The Morgan fingerprint density at radius 3 is 2.45 bits per heavy atom. The second kappa shape index (κ2) is 12.2. The number of benzene rings is 3. The number of halogens is 4. The Morgan fingerprint density at radius 1 is 1.05 bits per heavy atom. The number of carbonyl (C=O) groups is 2.